The van der Waals surface area contributed by atoms with Crippen molar-refractivity contribution < 1.29 is 14.7 Å². The molecule has 0 aliphatic carbocycles. The molecule has 92 valence electrons. The number of aromatic carboxylic acids is 1. The Hall–Kier alpha value is -1.92. The number of carboxylic acids is 1. The van der Waals surface area contributed by atoms with E-state index >= 15 is 0 Å². The van der Waals surface area contributed by atoms with E-state index in [-0.39, 0.29) is 17.6 Å². The van der Waals surface area contributed by atoms with E-state index in [1.807, 2.05) is 6.92 Å². The van der Waals surface area contributed by atoms with Gasteiger partial charge in [0.05, 0.1) is 12.2 Å². The largest absolute Gasteiger partial charge is 0.476 e. The van der Waals surface area contributed by atoms with E-state index in [2.05, 4.69) is 10.3 Å². The molecule has 7 nitrogen and oxygen atoms in total. The van der Waals surface area contributed by atoms with Gasteiger partial charge in [0.1, 0.15) is 0 Å². The first kappa shape index (κ1) is 11.6. The fraction of sp³-hybridized carbons (Fsp3) is 0.600. The lowest BCUT2D eigenvalue weighted by atomic mass is 10.3. The zero-order valence-corrected chi connectivity index (χ0v) is 9.54. The Morgan fingerprint density at radius 1 is 1.59 bits per heavy atom. The molecule has 7 heteroatoms. The monoisotopic (exact) mass is 238 g/mol. The summed E-state index contributed by atoms with van der Waals surface area (Å²) in [5.74, 6) is -0.971. The predicted molar refractivity (Wildman–Crippen MR) is 57.5 cm³/mol. The molecular weight excluding hydrogens is 224 g/mol. The van der Waals surface area contributed by atoms with Gasteiger partial charge in [0.2, 0.25) is 5.91 Å². The van der Waals surface area contributed by atoms with Crippen LogP contribution >= 0.6 is 0 Å². The molecule has 1 aliphatic rings. The van der Waals surface area contributed by atoms with Crippen LogP contribution in [-0.2, 0) is 4.79 Å². The molecule has 2 heterocycles. The van der Waals surface area contributed by atoms with Crippen LogP contribution in [0.4, 0.5) is 0 Å². The Bertz CT molecular complexity index is 443. The van der Waals surface area contributed by atoms with Crippen molar-refractivity contribution >= 4 is 11.9 Å². The maximum atomic E-state index is 11.5. The van der Waals surface area contributed by atoms with E-state index in [9.17, 15) is 9.59 Å². The second-order valence-electron chi connectivity index (χ2n) is 4.02. The van der Waals surface area contributed by atoms with Crippen LogP contribution in [0.15, 0.2) is 6.20 Å². The number of carbonyl (C=O) groups is 2. The van der Waals surface area contributed by atoms with Crippen molar-refractivity contribution in [1.82, 2.24) is 19.9 Å². The summed E-state index contributed by atoms with van der Waals surface area (Å²) in [6.45, 7) is 3.10. The summed E-state index contributed by atoms with van der Waals surface area (Å²) in [7, 11) is 0. The van der Waals surface area contributed by atoms with Crippen LogP contribution in [0.2, 0.25) is 0 Å². The minimum absolute atomic E-state index is 0.0334. The normalized spacial score (nSPS) is 19.6. The average molecular weight is 238 g/mol. The quantitative estimate of drug-likeness (QED) is 0.810. The van der Waals surface area contributed by atoms with Gasteiger partial charge >= 0.3 is 5.97 Å². The van der Waals surface area contributed by atoms with Crippen LogP contribution in [0, 0.1) is 0 Å². The Kier molecular flexibility index (Phi) is 3.08. The summed E-state index contributed by atoms with van der Waals surface area (Å²) >= 11 is 0. The number of nitrogens with zero attached hydrogens (tertiary/aromatic N) is 4. The molecular formula is C10H14N4O3. The fourth-order valence-electron chi connectivity index (χ4n) is 1.96. The number of amides is 1. The Morgan fingerprint density at radius 2 is 2.35 bits per heavy atom. The van der Waals surface area contributed by atoms with Crippen molar-refractivity contribution in [1.29, 1.82) is 0 Å². The summed E-state index contributed by atoms with van der Waals surface area (Å²) in [6, 6.07) is 0.0334. The summed E-state index contributed by atoms with van der Waals surface area (Å²) in [5, 5.41) is 16.1. The first-order valence-electron chi connectivity index (χ1n) is 5.54. The van der Waals surface area contributed by atoms with Crippen LogP contribution in [0.1, 0.15) is 36.3 Å². The zero-order chi connectivity index (χ0) is 12.4. The Balaban J connectivity index is 2.04. The zero-order valence-electron chi connectivity index (χ0n) is 9.54. The van der Waals surface area contributed by atoms with Gasteiger partial charge in [-0.3, -0.25) is 4.79 Å². The van der Waals surface area contributed by atoms with E-state index < -0.39 is 5.97 Å². The second-order valence-corrected chi connectivity index (χ2v) is 4.02. The molecule has 1 aromatic rings. The lowest BCUT2D eigenvalue weighted by Crippen LogP contribution is -2.28. The van der Waals surface area contributed by atoms with Crippen LogP contribution in [-0.4, -0.2) is 50.0 Å². The highest BCUT2D eigenvalue weighted by Crippen LogP contribution is 2.21. The maximum absolute atomic E-state index is 11.5. The van der Waals surface area contributed by atoms with Gasteiger partial charge in [-0.25, -0.2) is 9.48 Å². The molecule has 1 aromatic heterocycles. The van der Waals surface area contributed by atoms with Crippen LogP contribution in [0.5, 0.6) is 0 Å². The van der Waals surface area contributed by atoms with Gasteiger partial charge in [0, 0.05) is 19.5 Å². The van der Waals surface area contributed by atoms with Crippen LogP contribution in [0.3, 0.4) is 0 Å². The van der Waals surface area contributed by atoms with Crippen molar-refractivity contribution in [3.63, 3.8) is 0 Å². The number of rotatable bonds is 3. The molecule has 1 amide bonds. The van der Waals surface area contributed by atoms with Crippen LogP contribution < -0.4 is 0 Å². The molecule has 0 saturated carbocycles. The summed E-state index contributed by atoms with van der Waals surface area (Å²) in [5.41, 5.74) is -0.0646. The summed E-state index contributed by atoms with van der Waals surface area (Å²) < 4.78 is 1.53. The highest BCUT2D eigenvalue weighted by Gasteiger charge is 2.27. The van der Waals surface area contributed by atoms with E-state index in [1.165, 1.54) is 10.9 Å². The molecule has 0 spiro atoms. The van der Waals surface area contributed by atoms with E-state index in [1.54, 1.807) is 4.90 Å². The van der Waals surface area contributed by atoms with Gasteiger partial charge in [-0.1, -0.05) is 12.1 Å². The first-order valence-corrected chi connectivity index (χ1v) is 5.54. The van der Waals surface area contributed by atoms with E-state index in [0.717, 1.165) is 6.42 Å². The third-order valence-electron chi connectivity index (χ3n) is 2.92. The second kappa shape index (κ2) is 4.52. The number of carboxylic acid groups (broad SMARTS) is 1. The third-order valence-corrected chi connectivity index (χ3v) is 2.92. The molecule has 1 fully saturated rings. The number of carbonyl (C=O) groups excluding carboxylic acids is 1. The van der Waals surface area contributed by atoms with Crippen molar-refractivity contribution in [3.05, 3.63) is 11.9 Å². The average Bonchev–Trinajstić information content (AvgIpc) is 2.95. The molecule has 1 saturated heterocycles. The van der Waals surface area contributed by atoms with Crippen molar-refractivity contribution in [2.24, 2.45) is 0 Å². The SMILES string of the molecule is CCC(=O)N1CCC(n2cc(C(=O)O)nn2)C1. The molecule has 17 heavy (non-hydrogen) atoms. The van der Waals surface area contributed by atoms with Crippen molar-refractivity contribution in [2.75, 3.05) is 13.1 Å². The Morgan fingerprint density at radius 3 is 2.94 bits per heavy atom. The first-order chi connectivity index (χ1) is 8.11. The topological polar surface area (TPSA) is 88.3 Å². The third kappa shape index (κ3) is 2.27. The minimum atomic E-state index is -1.09. The molecule has 1 N–H and O–H groups in total. The van der Waals surface area contributed by atoms with Crippen molar-refractivity contribution in [2.45, 2.75) is 25.8 Å². The number of aromatic nitrogens is 3. The van der Waals surface area contributed by atoms with Gasteiger partial charge in [-0.2, -0.15) is 0 Å². The standard InChI is InChI=1S/C10H14N4O3/c1-2-9(15)13-4-3-7(5-13)14-6-8(10(16)17)11-12-14/h6-7H,2-5H2,1H3,(H,16,17). The van der Waals surface area contributed by atoms with Gasteiger partial charge in [-0.05, 0) is 6.42 Å². The van der Waals surface area contributed by atoms with Crippen molar-refractivity contribution in [3.8, 4) is 0 Å². The highest BCUT2D eigenvalue weighted by atomic mass is 16.4. The minimum Gasteiger partial charge on any atom is -0.476 e. The molecule has 0 aromatic carbocycles. The van der Waals surface area contributed by atoms with Crippen LogP contribution in [0.25, 0.3) is 0 Å². The van der Waals surface area contributed by atoms with E-state index in [4.69, 9.17) is 5.11 Å². The Labute approximate surface area is 98.0 Å². The predicted octanol–water partition coefficient (Wildman–Crippen LogP) is 0.160. The molecule has 1 unspecified atom stereocenters. The van der Waals surface area contributed by atoms with E-state index in [0.29, 0.717) is 19.5 Å². The van der Waals surface area contributed by atoms with Gasteiger partial charge in [-0.15, -0.1) is 5.10 Å². The maximum Gasteiger partial charge on any atom is 0.358 e. The molecule has 1 aliphatic heterocycles. The number of hydrogen-bond acceptors (Lipinski definition) is 4. The molecule has 0 bridgehead atoms. The number of likely N-dealkylation sites (tertiary alicyclic amines) is 1. The van der Waals surface area contributed by atoms with Gasteiger partial charge in [0.25, 0.3) is 0 Å². The van der Waals surface area contributed by atoms with Gasteiger partial charge < -0.3 is 10.0 Å². The smallest absolute Gasteiger partial charge is 0.358 e. The lowest BCUT2D eigenvalue weighted by Gasteiger charge is -2.15. The fourth-order valence-corrected chi connectivity index (χ4v) is 1.96. The number of hydrogen-bond donors (Lipinski definition) is 1. The molecule has 0 radical (unpaired) electrons. The molecule has 2 rings (SSSR count). The van der Waals surface area contributed by atoms with Gasteiger partial charge in [0.15, 0.2) is 5.69 Å². The summed E-state index contributed by atoms with van der Waals surface area (Å²) in [4.78, 5) is 23.9. The molecule has 1 atom stereocenters. The highest BCUT2D eigenvalue weighted by molar-refractivity contribution is 5.84. The summed E-state index contributed by atoms with van der Waals surface area (Å²) in [6.07, 6.45) is 2.69. The lowest BCUT2D eigenvalue weighted by molar-refractivity contribution is -0.129.